The van der Waals surface area contributed by atoms with Crippen molar-refractivity contribution in [1.82, 2.24) is 40.5 Å². The van der Waals surface area contributed by atoms with Gasteiger partial charge in [0, 0.05) is 37.7 Å². The molecule has 3 unspecified atom stereocenters. The van der Waals surface area contributed by atoms with Gasteiger partial charge in [0.2, 0.25) is 0 Å². The average molecular weight is 378 g/mol. The summed E-state index contributed by atoms with van der Waals surface area (Å²) in [6.07, 6.45) is 4.47. The van der Waals surface area contributed by atoms with E-state index in [2.05, 4.69) is 68.1 Å². The summed E-state index contributed by atoms with van der Waals surface area (Å²) >= 11 is 0. The number of hydrazine groups is 1. The molecule has 2 aliphatic heterocycles. The molecule has 3 aromatic rings. The van der Waals surface area contributed by atoms with Gasteiger partial charge in [0.15, 0.2) is 0 Å². The lowest BCUT2D eigenvalue weighted by atomic mass is 9.83. The number of aryl methyl sites for hydroxylation is 1. The highest BCUT2D eigenvalue weighted by Gasteiger charge is 2.42. The van der Waals surface area contributed by atoms with Crippen LogP contribution in [0.5, 0.6) is 0 Å². The zero-order valence-corrected chi connectivity index (χ0v) is 16.0. The second-order valence-electron chi connectivity index (χ2n) is 7.50. The minimum absolute atomic E-state index is 0.213. The van der Waals surface area contributed by atoms with Crippen molar-refractivity contribution in [1.29, 1.82) is 0 Å². The van der Waals surface area contributed by atoms with Gasteiger partial charge in [0.05, 0.1) is 30.6 Å². The van der Waals surface area contributed by atoms with Crippen LogP contribution in [0.15, 0.2) is 43.0 Å². The Morgan fingerprint density at radius 3 is 2.93 bits per heavy atom. The van der Waals surface area contributed by atoms with Gasteiger partial charge in [-0.1, -0.05) is 30.3 Å². The van der Waals surface area contributed by atoms with E-state index in [0.717, 1.165) is 38.4 Å². The van der Waals surface area contributed by atoms with Crippen LogP contribution in [0.25, 0.3) is 0 Å². The third kappa shape index (κ3) is 3.03. The standard InChI is InChI=1S/C20H26N8/c1-2-28-17(22-13-25-28)11-27-9-8-16-19(23-12-21-16)20(27)15-10-24-26-18(15)14-6-4-3-5-7-14/h3-7,12-13,15,18,20,24,26H,2,8-11H2,1H3,(H,21,23). The van der Waals surface area contributed by atoms with Crippen LogP contribution in [-0.4, -0.2) is 42.7 Å². The molecule has 1 aromatic carbocycles. The third-order valence-corrected chi connectivity index (χ3v) is 6.00. The topological polar surface area (TPSA) is 86.7 Å². The summed E-state index contributed by atoms with van der Waals surface area (Å²) in [6.45, 7) is 5.60. The fourth-order valence-electron chi connectivity index (χ4n) is 4.66. The molecule has 3 atom stereocenters. The Morgan fingerprint density at radius 2 is 2.07 bits per heavy atom. The van der Waals surface area contributed by atoms with Crippen molar-refractivity contribution < 1.29 is 0 Å². The molecule has 0 bridgehead atoms. The molecular formula is C20H26N8. The number of rotatable bonds is 5. The molecular weight excluding hydrogens is 352 g/mol. The number of H-pyrrole nitrogens is 1. The number of aromatic nitrogens is 5. The third-order valence-electron chi connectivity index (χ3n) is 6.00. The average Bonchev–Trinajstić information content (AvgIpc) is 3.49. The molecule has 1 saturated heterocycles. The van der Waals surface area contributed by atoms with Crippen LogP contribution < -0.4 is 10.9 Å². The molecule has 28 heavy (non-hydrogen) atoms. The van der Waals surface area contributed by atoms with E-state index in [4.69, 9.17) is 4.98 Å². The Labute approximate surface area is 164 Å². The summed E-state index contributed by atoms with van der Waals surface area (Å²) in [5, 5.41) is 4.35. The first-order valence-corrected chi connectivity index (χ1v) is 10.0. The molecule has 8 nitrogen and oxygen atoms in total. The number of nitrogens with one attached hydrogen (secondary N) is 3. The van der Waals surface area contributed by atoms with Crippen LogP contribution in [0.3, 0.4) is 0 Å². The number of hydrogen-bond acceptors (Lipinski definition) is 6. The molecule has 0 amide bonds. The molecule has 0 radical (unpaired) electrons. The molecule has 0 aliphatic carbocycles. The van der Waals surface area contributed by atoms with E-state index in [-0.39, 0.29) is 12.1 Å². The maximum absolute atomic E-state index is 4.74. The van der Waals surface area contributed by atoms with E-state index in [1.807, 2.05) is 11.0 Å². The highest BCUT2D eigenvalue weighted by atomic mass is 15.4. The zero-order valence-electron chi connectivity index (χ0n) is 16.0. The molecule has 1 fully saturated rings. The number of benzene rings is 1. The predicted molar refractivity (Wildman–Crippen MR) is 105 cm³/mol. The van der Waals surface area contributed by atoms with Crippen molar-refractivity contribution in [3.63, 3.8) is 0 Å². The first kappa shape index (κ1) is 17.5. The van der Waals surface area contributed by atoms with E-state index in [1.165, 1.54) is 17.0 Å². The molecule has 0 spiro atoms. The minimum Gasteiger partial charge on any atom is -0.348 e. The van der Waals surface area contributed by atoms with E-state index in [9.17, 15) is 0 Å². The second-order valence-corrected chi connectivity index (χ2v) is 7.50. The van der Waals surface area contributed by atoms with Gasteiger partial charge < -0.3 is 4.98 Å². The first-order chi connectivity index (χ1) is 13.8. The Kier molecular flexibility index (Phi) is 4.67. The molecule has 4 heterocycles. The Bertz CT molecular complexity index is 917. The lowest BCUT2D eigenvalue weighted by molar-refractivity contribution is 0.110. The SMILES string of the molecule is CCn1ncnc1CN1CCc2[nH]cnc2C1C1CNNC1c1ccccc1. The quantitative estimate of drug-likeness (QED) is 0.625. The highest BCUT2D eigenvalue weighted by molar-refractivity contribution is 5.26. The van der Waals surface area contributed by atoms with Gasteiger partial charge in [-0.3, -0.25) is 10.3 Å². The number of hydrogen-bond donors (Lipinski definition) is 3. The largest absolute Gasteiger partial charge is 0.348 e. The Hall–Kier alpha value is -2.55. The molecule has 2 aromatic heterocycles. The minimum atomic E-state index is 0.213. The molecule has 146 valence electrons. The number of fused-ring (bicyclic) bond motifs is 1. The maximum atomic E-state index is 4.74. The van der Waals surface area contributed by atoms with Gasteiger partial charge >= 0.3 is 0 Å². The summed E-state index contributed by atoms with van der Waals surface area (Å²) in [4.78, 5) is 15.1. The maximum Gasteiger partial charge on any atom is 0.141 e. The van der Waals surface area contributed by atoms with Gasteiger partial charge in [0.1, 0.15) is 12.2 Å². The van der Waals surface area contributed by atoms with E-state index in [0.29, 0.717) is 5.92 Å². The van der Waals surface area contributed by atoms with Crippen molar-refractivity contribution in [2.24, 2.45) is 5.92 Å². The van der Waals surface area contributed by atoms with Crippen LogP contribution in [0.1, 0.15) is 41.8 Å². The normalized spacial score (nSPS) is 25.1. The fraction of sp³-hybridized carbons (Fsp3) is 0.450. The number of aromatic amines is 1. The van der Waals surface area contributed by atoms with Crippen LogP contribution in [0, 0.1) is 5.92 Å². The zero-order chi connectivity index (χ0) is 18.9. The summed E-state index contributed by atoms with van der Waals surface area (Å²) in [7, 11) is 0. The van der Waals surface area contributed by atoms with Gasteiger partial charge in [-0.15, -0.1) is 0 Å². The van der Waals surface area contributed by atoms with Crippen molar-refractivity contribution in [2.45, 2.75) is 38.5 Å². The Morgan fingerprint density at radius 1 is 1.18 bits per heavy atom. The van der Waals surface area contributed by atoms with Crippen molar-refractivity contribution >= 4 is 0 Å². The van der Waals surface area contributed by atoms with Crippen LogP contribution in [0.2, 0.25) is 0 Å². The van der Waals surface area contributed by atoms with Gasteiger partial charge in [0.25, 0.3) is 0 Å². The summed E-state index contributed by atoms with van der Waals surface area (Å²) < 4.78 is 1.98. The summed E-state index contributed by atoms with van der Waals surface area (Å²) in [5.74, 6) is 1.38. The molecule has 2 aliphatic rings. The fourth-order valence-corrected chi connectivity index (χ4v) is 4.66. The van der Waals surface area contributed by atoms with Gasteiger partial charge in [-0.2, -0.15) is 5.10 Å². The van der Waals surface area contributed by atoms with E-state index < -0.39 is 0 Å². The first-order valence-electron chi connectivity index (χ1n) is 10.0. The van der Waals surface area contributed by atoms with Crippen LogP contribution in [-0.2, 0) is 19.5 Å². The lowest BCUT2D eigenvalue weighted by Gasteiger charge is -2.39. The monoisotopic (exact) mass is 378 g/mol. The van der Waals surface area contributed by atoms with Crippen LogP contribution >= 0.6 is 0 Å². The number of nitrogens with zero attached hydrogens (tertiary/aromatic N) is 5. The van der Waals surface area contributed by atoms with Crippen molar-refractivity contribution in [3.8, 4) is 0 Å². The highest BCUT2D eigenvalue weighted by Crippen LogP contribution is 2.41. The van der Waals surface area contributed by atoms with E-state index >= 15 is 0 Å². The molecule has 0 saturated carbocycles. The Balaban J connectivity index is 1.50. The van der Waals surface area contributed by atoms with Crippen LogP contribution in [0.4, 0.5) is 0 Å². The van der Waals surface area contributed by atoms with Gasteiger partial charge in [-0.05, 0) is 12.5 Å². The van der Waals surface area contributed by atoms with Crippen molar-refractivity contribution in [2.75, 3.05) is 13.1 Å². The summed E-state index contributed by atoms with van der Waals surface area (Å²) in [6, 6.07) is 11.1. The summed E-state index contributed by atoms with van der Waals surface area (Å²) in [5.41, 5.74) is 10.6. The second kappa shape index (κ2) is 7.46. The van der Waals surface area contributed by atoms with Gasteiger partial charge in [-0.25, -0.2) is 20.1 Å². The molecule has 8 heteroatoms. The molecule has 3 N–H and O–H groups in total. The number of imidazole rings is 1. The van der Waals surface area contributed by atoms with Crippen molar-refractivity contribution in [3.05, 3.63) is 65.8 Å². The molecule has 5 rings (SSSR count). The smallest absolute Gasteiger partial charge is 0.141 e. The predicted octanol–water partition coefficient (Wildman–Crippen LogP) is 1.59. The van der Waals surface area contributed by atoms with E-state index in [1.54, 1.807) is 6.33 Å². The lowest BCUT2D eigenvalue weighted by Crippen LogP contribution is -2.42.